The van der Waals surface area contributed by atoms with Crippen LogP contribution in [0.5, 0.6) is 5.75 Å². The summed E-state index contributed by atoms with van der Waals surface area (Å²) in [4.78, 5) is 16.5. The van der Waals surface area contributed by atoms with E-state index in [0.29, 0.717) is 11.8 Å². The number of benzene rings is 1. The minimum atomic E-state index is -0.794. The van der Waals surface area contributed by atoms with Gasteiger partial charge in [0, 0.05) is 25.7 Å². The standard InChI is InChI=1S/C18H28N2O3/c1-4-9-19-10-11-20(13-15(19)5-2)17(18(21)22)14-7-6-8-16(12-14)23-3/h6-8,12,15,17H,4-5,9-11,13H2,1-3H3,(H,21,22). The molecule has 2 atom stereocenters. The van der Waals surface area contributed by atoms with Crippen molar-refractivity contribution in [3.63, 3.8) is 0 Å². The molecule has 0 amide bonds. The Morgan fingerprint density at radius 1 is 1.39 bits per heavy atom. The Labute approximate surface area is 138 Å². The van der Waals surface area contributed by atoms with Crippen LogP contribution in [0.2, 0.25) is 0 Å². The first kappa shape index (κ1) is 17.8. The van der Waals surface area contributed by atoms with E-state index in [4.69, 9.17) is 4.74 Å². The number of hydrogen-bond donors (Lipinski definition) is 1. The van der Waals surface area contributed by atoms with Gasteiger partial charge in [-0.05, 0) is 37.1 Å². The number of ether oxygens (including phenoxy) is 1. The molecule has 0 radical (unpaired) electrons. The highest BCUT2D eigenvalue weighted by Gasteiger charge is 2.34. The summed E-state index contributed by atoms with van der Waals surface area (Å²) in [6.45, 7) is 7.96. The van der Waals surface area contributed by atoms with Gasteiger partial charge in [0.25, 0.3) is 0 Å². The lowest BCUT2D eigenvalue weighted by molar-refractivity contribution is -0.145. The van der Waals surface area contributed by atoms with Crippen molar-refractivity contribution >= 4 is 5.97 Å². The van der Waals surface area contributed by atoms with E-state index < -0.39 is 12.0 Å². The monoisotopic (exact) mass is 320 g/mol. The van der Waals surface area contributed by atoms with Crippen LogP contribution in [0.1, 0.15) is 38.3 Å². The molecule has 0 spiro atoms. The van der Waals surface area contributed by atoms with Crippen LogP contribution in [0.3, 0.4) is 0 Å². The highest BCUT2D eigenvalue weighted by molar-refractivity contribution is 5.75. The summed E-state index contributed by atoms with van der Waals surface area (Å²) in [5.41, 5.74) is 0.788. The normalized spacial score (nSPS) is 21.1. The molecule has 23 heavy (non-hydrogen) atoms. The molecule has 1 heterocycles. The lowest BCUT2D eigenvalue weighted by Gasteiger charge is -2.43. The quantitative estimate of drug-likeness (QED) is 0.837. The minimum absolute atomic E-state index is 0.427. The lowest BCUT2D eigenvalue weighted by atomic mass is 10.0. The van der Waals surface area contributed by atoms with E-state index >= 15 is 0 Å². The van der Waals surface area contributed by atoms with E-state index in [1.807, 2.05) is 24.3 Å². The zero-order chi connectivity index (χ0) is 16.8. The Hall–Kier alpha value is -1.59. The Morgan fingerprint density at radius 2 is 2.17 bits per heavy atom. The maximum absolute atomic E-state index is 11.9. The van der Waals surface area contributed by atoms with E-state index in [2.05, 4.69) is 23.6 Å². The second-order valence-electron chi connectivity index (χ2n) is 6.11. The molecule has 0 aromatic heterocycles. The van der Waals surface area contributed by atoms with Gasteiger partial charge in [-0.25, -0.2) is 0 Å². The topological polar surface area (TPSA) is 53.0 Å². The van der Waals surface area contributed by atoms with Crippen LogP contribution in [-0.2, 0) is 4.79 Å². The first-order valence-corrected chi connectivity index (χ1v) is 8.45. The molecular formula is C18H28N2O3. The number of nitrogens with zero attached hydrogens (tertiary/aromatic N) is 2. The van der Waals surface area contributed by atoms with Crippen LogP contribution < -0.4 is 4.74 Å². The van der Waals surface area contributed by atoms with Crippen molar-refractivity contribution in [3.05, 3.63) is 29.8 Å². The number of hydrogen-bond acceptors (Lipinski definition) is 4. The van der Waals surface area contributed by atoms with Gasteiger partial charge in [-0.1, -0.05) is 26.0 Å². The van der Waals surface area contributed by atoms with Crippen LogP contribution in [0, 0.1) is 0 Å². The largest absolute Gasteiger partial charge is 0.497 e. The summed E-state index contributed by atoms with van der Waals surface area (Å²) < 4.78 is 5.24. The first-order valence-electron chi connectivity index (χ1n) is 8.45. The lowest BCUT2D eigenvalue weighted by Crippen LogP contribution is -2.54. The second-order valence-corrected chi connectivity index (χ2v) is 6.11. The maximum atomic E-state index is 11.9. The number of carboxylic acid groups (broad SMARTS) is 1. The average molecular weight is 320 g/mol. The molecule has 128 valence electrons. The van der Waals surface area contributed by atoms with Crippen LogP contribution in [0.15, 0.2) is 24.3 Å². The molecule has 1 fully saturated rings. The molecule has 5 nitrogen and oxygen atoms in total. The van der Waals surface area contributed by atoms with Crippen molar-refractivity contribution in [1.29, 1.82) is 0 Å². The van der Waals surface area contributed by atoms with Crippen LogP contribution in [-0.4, -0.2) is 60.2 Å². The molecular weight excluding hydrogens is 292 g/mol. The summed E-state index contributed by atoms with van der Waals surface area (Å²) in [5, 5.41) is 9.77. The van der Waals surface area contributed by atoms with Crippen molar-refractivity contribution in [3.8, 4) is 5.75 Å². The summed E-state index contributed by atoms with van der Waals surface area (Å²) in [5.74, 6) is -0.0949. The average Bonchev–Trinajstić information content (AvgIpc) is 2.56. The molecule has 5 heteroatoms. The van der Waals surface area contributed by atoms with Crippen molar-refractivity contribution in [2.24, 2.45) is 0 Å². The molecule has 1 N–H and O–H groups in total. The van der Waals surface area contributed by atoms with Crippen molar-refractivity contribution < 1.29 is 14.6 Å². The zero-order valence-corrected chi connectivity index (χ0v) is 14.4. The third-order valence-corrected chi connectivity index (χ3v) is 4.63. The first-order chi connectivity index (χ1) is 11.1. The smallest absolute Gasteiger partial charge is 0.325 e. The predicted molar refractivity (Wildman–Crippen MR) is 90.9 cm³/mol. The molecule has 1 saturated heterocycles. The molecule has 1 aromatic carbocycles. The maximum Gasteiger partial charge on any atom is 0.325 e. The van der Waals surface area contributed by atoms with Crippen molar-refractivity contribution in [2.75, 3.05) is 33.3 Å². The van der Waals surface area contributed by atoms with Crippen molar-refractivity contribution in [1.82, 2.24) is 9.80 Å². The van der Waals surface area contributed by atoms with E-state index in [1.165, 1.54) is 0 Å². The summed E-state index contributed by atoms with van der Waals surface area (Å²) in [6, 6.07) is 7.23. The van der Waals surface area contributed by atoms with Crippen LogP contribution in [0.25, 0.3) is 0 Å². The molecule has 0 saturated carbocycles. The number of carboxylic acids is 1. The molecule has 1 aromatic rings. The van der Waals surface area contributed by atoms with Gasteiger partial charge in [-0.15, -0.1) is 0 Å². The highest BCUT2D eigenvalue weighted by Crippen LogP contribution is 2.27. The Balaban J connectivity index is 2.19. The molecule has 2 unspecified atom stereocenters. The molecule has 2 rings (SSSR count). The molecule has 0 bridgehead atoms. The number of piperazine rings is 1. The SMILES string of the molecule is CCCN1CCN(C(C(=O)O)c2cccc(OC)c2)CC1CC. The Kier molecular flexibility index (Phi) is 6.42. The fraction of sp³-hybridized carbons (Fsp3) is 0.611. The van der Waals surface area contributed by atoms with Crippen LogP contribution in [0.4, 0.5) is 0 Å². The van der Waals surface area contributed by atoms with Gasteiger partial charge in [0.1, 0.15) is 11.8 Å². The molecule has 1 aliphatic heterocycles. The fourth-order valence-corrected chi connectivity index (χ4v) is 3.44. The Bertz CT molecular complexity index is 521. The number of carbonyl (C=O) groups is 1. The number of rotatable bonds is 7. The summed E-state index contributed by atoms with van der Waals surface area (Å²) in [6.07, 6.45) is 2.18. The summed E-state index contributed by atoms with van der Waals surface area (Å²) >= 11 is 0. The van der Waals surface area contributed by atoms with Gasteiger partial charge in [0.05, 0.1) is 7.11 Å². The third kappa shape index (κ3) is 4.24. The van der Waals surface area contributed by atoms with Gasteiger partial charge >= 0.3 is 5.97 Å². The predicted octanol–water partition coefficient (Wildman–Crippen LogP) is 2.63. The van der Waals surface area contributed by atoms with E-state index in [9.17, 15) is 9.90 Å². The van der Waals surface area contributed by atoms with Gasteiger partial charge in [0.15, 0.2) is 0 Å². The van der Waals surface area contributed by atoms with E-state index in [-0.39, 0.29) is 0 Å². The van der Waals surface area contributed by atoms with Gasteiger partial charge < -0.3 is 9.84 Å². The highest BCUT2D eigenvalue weighted by atomic mass is 16.5. The minimum Gasteiger partial charge on any atom is -0.497 e. The molecule has 1 aliphatic rings. The second kappa shape index (κ2) is 8.31. The summed E-state index contributed by atoms with van der Waals surface area (Å²) in [7, 11) is 1.60. The third-order valence-electron chi connectivity index (χ3n) is 4.63. The Morgan fingerprint density at radius 3 is 2.78 bits per heavy atom. The van der Waals surface area contributed by atoms with Gasteiger partial charge in [0.2, 0.25) is 0 Å². The van der Waals surface area contributed by atoms with E-state index in [1.54, 1.807) is 7.11 Å². The molecule has 0 aliphatic carbocycles. The van der Waals surface area contributed by atoms with Gasteiger partial charge in [-0.2, -0.15) is 0 Å². The number of methoxy groups -OCH3 is 1. The van der Waals surface area contributed by atoms with Gasteiger partial charge in [-0.3, -0.25) is 14.6 Å². The van der Waals surface area contributed by atoms with E-state index in [0.717, 1.165) is 44.6 Å². The number of aliphatic carboxylic acids is 1. The zero-order valence-electron chi connectivity index (χ0n) is 14.4. The fourth-order valence-electron chi connectivity index (χ4n) is 3.44. The van der Waals surface area contributed by atoms with Crippen molar-refractivity contribution in [2.45, 2.75) is 38.8 Å². The van der Waals surface area contributed by atoms with Crippen LogP contribution >= 0.6 is 0 Å².